The number of hydrogen-bond donors (Lipinski definition) is 0. The van der Waals surface area contributed by atoms with Crippen molar-refractivity contribution in [2.24, 2.45) is 0 Å². The van der Waals surface area contributed by atoms with E-state index in [0.717, 1.165) is 6.61 Å². The number of epoxide rings is 1. The van der Waals surface area contributed by atoms with E-state index < -0.39 is 5.79 Å². The van der Waals surface area contributed by atoms with Crippen LogP contribution in [-0.4, -0.2) is 30.7 Å². The highest BCUT2D eigenvalue weighted by molar-refractivity contribution is 4.99. The molecule has 2 rings (SSSR count). The van der Waals surface area contributed by atoms with Gasteiger partial charge in [0.25, 0.3) is 0 Å². The predicted octanol–water partition coefficient (Wildman–Crippen LogP) is 1.09. The molecule has 2 fully saturated rings. The Kier molecular flexibility index (Phi) is 1.75. The molecule has 0 aromatic carbocycles. The number of ether oxygens (including phenoxy) is 3. The monoisotopic (exact) mass is 170 g/mol. The standard InChI is InChI=1S/C9H14O3/c1-4-6-8(7-5-10-7)12-9(2,3)11-6/h4,6-8H,1,5H2,2-3H3/t6-,7+,8+/m0/s1. The molecule has 0 unspecified atom stereocenters. The van der Waals surface area contributed by atoms with Crippen LogP contribution in [0.2, 0.25) is 0 Å². The summed E-state index contributed by atoms with van der Waals surface area (Å²) < 4.78 is 16.4. The van der Waals surface area contributed by atoms with Gasteiger partial charge in [-0.2, -0.15) is 0 Å². The van der Waals surface area contributed by atoms with E-state index >= 15 is 0 Å². The topological polar surface area (TPSA) is 31.0 Å². The second-order valence-electron chi connectivity index (χ2n) is 3.67. The quantitative estimate of drug-likeness (QED) is 0.459. The summed E-state index contributed by atoms with van der Waals surface area (Å²) in [4.78, 5) is 0. The van der Waals surface area contributed by atoms with E-state index in [2.05, 4.69) is 6.58 Å². The Morgan fingerprint density at radius 1 is 1.42 bits per heavy atom. The Balaban J connectivity index is 2.07. The van der Waals surface area contributed by atoms with Crippen molar-refractivity contribution in [1.29, 1.82) is 0 Å². The molecule has 0 bridgehead atoms. The second kappa shape index (κ2) is 2.55. The van der Waals surface area contributed by atoms with Crippen LogP contribution in [0.1, 0.15) is 13.8 Å². The maximum absolute atomic E-state index is 5.66. The molecule has 0 aromatic rings. The third-order valence-electron chi connectivity index (χ3n) is 2.12. The van der Waals surface area contributed by atoms with Crippen LogP contribution >= 0.6 is 0 Å². The first-order valence-electron chi connectivity index (χ1n) is 4.22. The molecule has 2 aliphatic heterocycles. The summed E-state index contributed by atoms with van der Waals surface area (Å²) in [6, 6.07) is 0. The van der Waals surface area contributed by atoms with Crippen molar-refractivity contribution in [2.45, 2.75) is 37.9 Å². The van der Waals surface area contributed by atoms with Crippen LogP contribution < -0.4 is 0 Å². The summed E-state index contributed by atoms with van der Waals surface area (Å²) in [6.07, 6.45) is 2.01. The first kappa shape index (κ1) is 8.23. The zero-order valence-corrected chi connectivity index (χ0v) is 7.45. The lowest BCUT2D eigenvalue weighted by Crippen LogP contribution is -2.26. The second-order valence-corrected chi connectivity index (χ2v) is 3.67. The Morgan fingerprint density at radius 2 is 2.08 bits per heavy atom. The summed E-state index contributed by atoms with van der Waals surface area (Å²) in [5.74, 6) is -0.491. The molecular weight excluding hydrogens is 156 g/mol. The van der Waals surface area contributed by atoms with E-state index in [-0.39, 0.29) is 18.3 Å². The van der Waals surface area contributed by atoms with Crippen molar-refractivity contribution >= 4 is 0 Å². The van der Waals surface area contributed by atoms with Gasteiger partial charge in [-0.1, -0.05) is 6.08 Å². The zero-order chi connectivity index (χ0) is 8.77. The zero-order valence-electron chi connectivity index (χ0n) is 7.45. The van der Waals surface area contributed by atoms with Crippen LogP contribution in [0.4, 0.5) is 0 Å². The van der Waals surface area contributed by atoms with E-state index in [1.165, 1.54) is 0 Å². The van der Waals surface area contributed by atoms with Crippen molar-refractivity contribution in [3.8, 4) is 0 Å². The smallest absolute Gasteiger partial charge is 0.164 e. The minimum Gasteiger partial charge on any atom is -0.370 e. The van der Waals surface area contributed by atoms with Gasteiger partial charge in [0, 0.05) is 0 Å². The molecule has 3 heteroatoms. The lowest BCUT2D eigenvalue weighted by atomic mass is 10.1. The van der Waals surface area contributed by atoms with Crippen molar-refractivity contribution in [3.63, 3.8) is 0 Å². The molecule has 3 atom stereocenters. The molecule has 0 N–H and O–H groups in total. The van der Waals surface area contributed by atoms with Gasteiger partial charge in [0.15, 0.2) is 5.79 Å². The average molecular weight is 170 g/mol. The number of rotatable bonds is 2. The van der Waals surface area contributed by atoms with Crippen LogP contribution in [0.25, 0.3) is 0 Å². The van der Waals surface area contributed by atoms with Gasteiger partial charge in [-0.25, -0.2) is 0 Å². The molecule has 0 spiro atoms. The first-order valence-corrected chi connectivity index (χ1v) is 4.22. The third kappa shape index (κ3) is 1.40. The molecule has 0 aromatic heterocycles. The van der Waals surface area contributed by atoms with E-state index in [4.69, 9.17) is 14.2 Å². The van der Waals surface area contributed by atoms with E-state index in [1.54, 1.807) is 6.08 Å². The van der Waals surface area contributed by atoms with Gasteiger partial charge in [0.05, 0.1) is 6.61 Å². The lowest BCUT2D eigenvalue weighted by molar-refractivity contribution is -0.144. The minimum atomic E-state index is -0.491. The van der Waals surface area contributed by atoms with Gasteiger partial charge in [-0.05, 0) is 13.8 Å². The molecule has 0 saturated carbocycles. The average Bonchev–Trinajstić information content (AvgIpc) is 2.76. The third-order valence-corrected chi connectivity index (χ3v) is 2.12. The Bertz CT molecular complexity index is 196. The van der Waals surface area contributed by atoms with Crippen LogP contribution in [0, 0.1) is 0 Å². The van der Waals surface area contributed by atoms with E-state index in [0.29, 0.717) is 0 Å². The van der Waals surface area contributed by atoms with E-state index in [1.807, 2.05) is 13.8 Å². The van der Waals surface area contributed by atoms with Gasteiger partial charge in [0.2, 0.25) is 0 Å². The molecule has 2 aliphatic rings. The summed E-state index contributed by atoms with van der Waals surface area (Å²) in [6.45, 7) is 8.31. The van der Waals surface area contributed by atoms with Crippen LogP contribution in [0.3, 0.4) is 0 Å². The van der Waals surface area contributed by atoms with Crippen molar-refractivity contribution in [1.82, 2.24) is 0 Å². The van der Waals surface area contributed by atoms with Gasteiger partial charge in [-0.15, -0.1) is 6.58 Å². The highest BCUT2D eigenvalue weighted by Gasteiger charge is 2.48. The fourth-order valence-corrected chi connectivity index (χ4v) is 1.53. The largest absolute Gasteiger partial charge is 0.370 e. The first-order chi connectivity index (χ1) is 5.62. The van der Waals surface area contributed by atoms with Crippen LogP contribution in [-0.2, 0) is 14.2 Å². The minimum absolute atomic E-state index is 0.0208. The molecule has 12 heavy (non-hydrogen) atoms. The Labute approximate surface area is 72.3 Å². The molecule has 0 amide bonds. The number of hydrogen-bond acceptors (Lipinski definition) is 3. The van der Waals surface area contributed by atoms with E-state index in [9.17, 15) is 0 Å². The highest BCUT2D eigenvalue weighted by Crippen LogP contribution is 2.34. The van der Waals surface area contributed by atoms with Crippen LogP contribution in [0.5, 0.6) is 0 Å². The van der Waals surface area contributed by atoms with Crippen LogP contribution in [0.15, 0.2) is 12.7 Å². The maximum atomic E-state index is 5.66. The maximum Gasteiger partial charge on any atom is 0.164 e. The highest BCUT2D eigenvalue weighted by atomic mass is 16.8. The van der Waals surface area contributed by atoms with Crippen molar-refractivity contribution < 1.29 is 14.2 Å². The summed E-state index contributed by atoms with van der Waals surface area (Å²) in [7, 11) is 0. The summed E-state index contributed by atoms with van der Waals surface area (Å²) >= 11 is 0. The van der Waals surface area contributed by atoms with Gasteiger partial charge < -0.3 is 14.2 Å². The molecule has 0 radical (unpaired) electrons. The van der Waals surface area contributed by atoms with Gasteiger partial charge in [-0.3, -0.25) is 0 Å². The fraction of sp³-hybridized carbons (Fsp3) is 0.778. The molecule has 0 aliphatic carbocycles. The predicted molar refractivity (Wildman–Crippen MR) is 43.8 cm³/mol. The van der Waals surface area contributed by atoms with Gasteiger partial charge >= 0.3 is 0 Å². The normalized spacial score (nSPS) is 44.3. The van der Waals surface area contributed by atoms with Crippen molar-refractivity contribution in [2.75, 3.05) is 6.61 Å². The fourth-order valence-electron chi connectivity index (χ4n) is 1.53. The Hall–Kier alpha value is -0.380. The Morgan fingerprint density at radius 3 is 2.58 bits per heavy atom. The summed E-state index contributed by atoms with van der Waals surface area (Å²) in [5.41, 5.74) is 0. The van der Waals surface area contributed by atoms with Gasteiger partial charge in [0.1, 0.15) is 18.3 Å². The molecule has 2 saturated heterocycles. The SMILES string of the molecule is C=C[C@@H]1OC(C)(C)O[C@H]1[C@H]1CO1. The molecular formula is C9H14O3. The van der Waals surface area contributed by atoms with Crippen molar-refractivity contribution in [3.05, 3.63) is 12.7 Å². The molecule has 3 nitrogen and oxygen atoms in total. The molecule has 68 valence electrons. The lowest BCUT2D eigenvalue weighted by Gasteiger charge is -2.15. The summed E-state index contributed by atoms with van der Waals surface area (Å²) in [5, 5.41) is 0. The molecule has 2 heterocycles.